The van der Waals surface area contributed by atoms with Crippen molar-refractivity contribution in [1.29, 1.82) is 0 Å². The summed E-state index contributed by atoms with van der Waals surface area (Å²) >= 11 is 0. The smallest absolute Gasteiger partial charge is 0.330 e. The molecule has 5 heteroatoms. The second-order valence-electron chi connectivity index (χ2n) is 4.06. The zero-order valence-electron chi connectivity index (χ0n) is 11.8. The number of benzene rings is 1. The van der Waals surface area contributed by atoms with Crippen LogP contribution in [0.2, 0.25) is 0 Å². The Balaban J connectivity index is 2.70. The first kappa shape index (κ1) is 15.8. The summed E-state index contributed by atoms with van der Waals surface area (Å²) in [7, 11) is 1.50. The molecule has 0 aliphatic carbocycles. The fourth-order valence-electron chi connectivity index (χ4n) is 1.50. The molecule has 0 aromatic heterocycles. The minimum absolute atomic E-state index is 0.232. The first-order valence-corrected chi connectivity index (χ1v) is 6.20. The van der Waals surface area contributed by atoms with E-state index < -0.39 is 5.97 Å². The van der Waals surface area contributed by atoms with Gasteiger partial charge >= 0.3 is 5.97 Å². The molecule has 5 nitrogen and oxygen atoms in total. The van der Waals surface area contributed by atoms with Crippen LogP contribution in [0.3, 0.4) is 0 Å². The lowest BCUT2D eigenvalue weighted by Gasteiger charge is -2.11. The van der Waals surface area contributed by atoms with Gasteiger partial charge in [0.1, 0.15) is 12.9 Å². The Morgan fingerprint density at radius 1 is 1.30 bits per heavy atom. The average molecular weight is 278 g/mol. The van der Waals surface area contributed by atoms with Crippen LogP contribution in [0.4, 0.5) is 0 Å². The van der Waals surface area contributed by atoms with Crippen molar-refractivity contribution in [2.75, 3.05) is 20.3 Å². The van der Waals surface area contributed by atoms with Gasteiger partial charge in [-0.3, -0.25) is 4.79 Å². The van der Waals surface area contributed by atoms with E-state index in [1.165, 1.54) is 13.2 Å². The van der Waals surface area contributed by atoms with Gasteiger partial charge in [0.25, 0.3) is 0 Å². The number of ether oxygens (including phenoxy) is 3. The first-order chi connectivity index (χ1) is 9.60. The molecule has 1 aromatic carbocycles. The third-order valence-electron chi connectivity index (χ3n) is 2.43. The van der Waals surface area contributed by atoms with Crippen LogP contribution in [0.5, 0.6) is 11.5 Å². The van der Waals surface area contributed by atoms with Crippen LogP contribution in [-0.4, -0.2) is 32.6 Å². The van der Waals surface area contributed by atoms with Crippen LogP contribution in [0.15, 0.2) is 29.8 Å². The number of aldehydes is 1. The number of hydrogen-bond donors (Lipinski definition) is 0. The molecule has 0 aliphatic heterocycles. The van der Waals surface area contributed by atoms with E-state index in [4.69, 9.17) is 14.2 Å². The van der Waals surface area contributed by atoms with E-state index in [1.807, 2.05) is 0 Å². The van der Waals surface area contributed by atoms with E-state index in [0.29, 0.717) is 23.7 Å². The molecule has 0 N–H and O–H groups in total. The Hall–Kier alpha value is -2.30. The Morgan fingerprint density at radius 2 is 2.05 bits per heavy atom. The van der Waals surface area contributed by atoms with Crippen molar-refractivity contribution < 1.29 is 23.8 Å². The maximum absolute atomic E-state index is 11.3. The number of carbonyl (C=O) groups excluding carboxylic acids is 2. The summed E-state index contributed by atoms with van der Waals surface area (Å²) in [6.07, 6.45) is 2.12. The summed E-state index contributed by atoms with van der Waals surface area (Å²) in [5, 5.41) is 0. The molecule has 0 aliphatic rings. The molecule has 0 amide bonds. The number of hydrogen-bond acceptors (Lipinski definition) is 5. The molecule has 0 unspecified atom stereocenters. The third-order valence-corrected chi connectivity index (χ3v) is 2.43. The van der Waals surface area contributed by atoms with Crippen LogP contribution >= 0.6 is 0 Å². The van der Waals surface area contributed by atoms with Crippen molar-refractivity contribution in [3.8, 4) is 11.5 Å². The second-order valence-corrected chi connectivity index (χ2v) is 4.06. The van der Waals surface area contributed by atoms with Gasteiger partial charge < -0.3 is 14.2 Å². The normalized spacial score (nSPS) is 10.8. The zero-order chi connectivity index (χ0) is 15.0. The highest BCUT2D eigenvalue weighted by Crippen LogP contribution is 2.27. The van der Waals surface area contributed by atoms with Crippen molar-refractivity contribution in [1.82, 2.24) is 0 Å². The van der Waals surface area contributed by atoms with Gasteiger partial charge in [-0.05, 0) is 37.6 Å². The average Bonchev–Trinajstić information content (AvgIpc) is 2.45. The topological polar surface area (TPSA) is 61.8 Å². The molecule has 0 radical (unpaired) electrons. The van der Waals surface area contributed by atoms with Crippen LogP contribution in [0.1, 0.15) is 24.2 Å². The Kier molecular flexibility index (Phi) is 6.29. The van der Waals surface area contributed by atoms with E-state index in [9.17, 15) is 9.59 Å². The molecule has 0 fully saturated rings. The first-order valence-electron chi connectivity index (χ1n) is 6.20. The largest absolute Gasteiger partial charge is 0.493 e. The highest BCUT2D eigenvalue weighted by Gasteiger charge is 2.06. The van der Waals surface area contributed by atoms with Gasteiger partial charge in [0.15, 0.2) is 11.5 Å². The molecule has 0 saturated heterocycles. The number of rotatable bonds is 7. The molecule has 0 bridgehead atoms. The van der Waals surface area contributed by atoms with Crippen molar-refractivity contribution >= 4 is 12.3 Å². The molecule has 1 rings (SSSR count). The summed E-state index contributed by atoms with van der Waals surface area (Å²) in [5.74, 6) is 0.588. The fourth-order valence-corrected chi connectivity index (χ4v) is 1.50. The monoisotopic (exact) mass is 278 g/mol. The Morgan fingerprint density at radius 3 is 2.65 bits per heavy atom. The molecular formula is C15H18O5. The number of carbonyl (C=O) groups is 2. The summed E-state index contributed by atoms with van der Waals surface area (Å²) in [6.45, 7) is 4.08. The molecule has 108 valence electrons. The summed E-state index contributed by atoms with van der Waals surface area (Å²) in [5.41, 5.74) is 1.23. The predicted octanol–water partition coefficient (Wildman–Crippen LogP) is 2.40. The van der Waals surface area contributed by atoms with E-state index >= 15 is 0 Å². The minimum Gasteiger partial charge on any atom is -0.493 e. The van der Waals surface area contributed by atoms with Crippen molar-refractivity contribution in [3.63, 3.8) is 0 Å². The molecule has 0 spiro atoms. The quantitative estimate of drug-likeness (QED) is 0.435. The minimum atomic E-state index is -0.392. The van der Waals surface area contributed by atoms with Gasteiger partial charge in [0, 0.05) is 11.6 Å². The Bertz CT molecular complexity index is 505. The van der Waals surface area contributed by atoms with Crippen molar-refractivity contribution in [3.05, 3.63) is 35.4 Å². The lowest BCUT2D eigenvalue weighted by atomic mass is 10.2. The summed E-state index contributed by atoms with van der Waals surface area (Å²) in [6, 6.07) is 4.88. The van der Waals surface area contributed by atoms with E-state index in [1.54, 1.807) is 32.0 Å². The Labute approximate surface area is 118 Å². The molecular weight excluding hydrogens is 260 g/mol. The lowest BCUT2D eigenvalue weighted by molar-refractivity contribution is -0.137. The lowest BCUT2D eigenvalue weighted by Crippen LogP contribution is -2.05. The van der Waals surface area contributed by atoms with E-state index in [0.717, 1.165) is 11.9 Å². The van der Waals surface area contributed by atoms with Gasteiger partial charge in [-0.2, -0.15) is 0 Å². The molecule has 0 heterocycles. The predicted molar refractivity (Wildman–Crippen MR) is 74.3 cm³/mol. The van der Waals surface area contributed by atoms with Crippen molar-refractivity contribution in [2.24, 2.45) is 0 Å². The number of esters is 1. The van der Waals surface area contributed by atoms with Gasteiger partial charge in [0.05, 0.1) is 13.7 Å². The van der Waals surface area contributed by atoms with Crippen LogP contribution in [0.25, 0.3) is 0 Å². The van der Waals surface area contributed by atoms with Crippen LogP contribution in [-0.2, 0) is 9.53 Å². The highest BCUT2D eigenvalue weighted by atomic mass is 16.5. The molecule has 1 aromatic rings. The van der Waals surface area contributed by atoms with E-state index in [2.05, 4.69) is 0 Å². The van der Waals surface area contributed by atoms with Gasteiger partial charge in [-0.15, -0.1) is 0 Å². The maximum atomic E-state index is 11.3. The molecule has 0 saturated carbocycles. The second kappa shape index (κ2) is 7.99. The van der Waals surface area contributed by atoms with Crippen LogP contribution in [0, 0.1) is 0 Å². The van der Waals surface area contributed by atoms with Crippen LogP contribution < -0.4 is 9.47 Å². The third kappa shape index (κ3) is 4.76. The van der Waals surface area contributed by atoms with Crippen molar-refractivity contribution in [2.45, 2.75) is 13.8 Å². The zero-order valence-corrected chi connectivity index (χ0v) is 11.8. The standard InChI is InChI=1S/C15H18O5/c1-4-19-15(17)7-11(2)10-20-13-6-5-12(9-16)8-14(13)18-3/h5-9H,4,10H2,1-3H3. The SMILES string of the molecule is CCOC(=O)C=C(C)COc1ccc(C=O)cc1OC. The van der Waals surface area contributed by atoms with E-state index in [-0.39, 0.29) is 6.61 Å². The molecule has 20 heavy (non-hydrogen) atoms. The van der Waals surface area contributed by atoms with Gasteiger partial charge in [-0.25, -0.2) is 4.79 Å². The highest BCUT2D eigenvalue weighted by molar-refractivity contribution is 5.82. The summed E-state index contributed by atoms with van der Waals surface area (Å²) in [4.78, 5) is 21.9. The number of methoxy groups -OCH3 is 1. The van der Waals surface area contributed by atoms with Gasteiger partial charge in [0.2, 0.25) is 0 Å². The van der Waals surface area contributed by atoms with Gasteiger partial charge in [-0.1, -0.05) is 0 Å². The summed E-state index contributed by atoms with van der Waals surface area (Å²) < 4.78 is 15.5. The fraction of sp³-hybridized carbons (Fsp3) is 0.333. The maximum Gasteiger partial charge on any atom is 0.330 e. The molecule has 0 atom stereocenters.